The van der Waals surface area contributed by atoms with Gasteiger partial charge in [0.1, 0.15) is 11.8 Å². The molecule has 2 aromatic rings. The number of rotatable bonds is 3. The fourth-order valence-corrected chi connectivity index (χ4v) is 3.20. The van der Waals surface area contributed by atoms with Gasteiger partial charge in [-0.3, -0.25) is 4.79 Å². The zero-order valence-corrected chi connectivity index (χ0v) is 12.7. The van der Waals surface area contributed by atoms with Crippen molar-refractivity contribution in [2.45, 2.75) is 6.10 Å². The molecule has 1 aliphatic heterocycles. The second-order valence-electron chi connectivity index (χ2n) is 4.74. The summed E-state index contributed by atoms with van der Waals surface area (Å²) in [5.74, 6) is -0.500. The van der Waals surface area contributed by atoms with Gasteiger partial charge in [-0.2, -0.15) is 0 Å². The van der Waals surface area contributed by atoms with Crippen LogP contribution >= 0.6 is 22.9 Å². The quantitative estimate of drug-likeness (QED) is 0.942. The van der Waals surface area contributed by atoms with E-state index < -0.39 is 5.91 Å². The van der Waals surface area contributed by atoms with Gasteiger partial charge in [0.2, 0.25) is 0 Å². The molecule has 21 heavy (non-hydrogen) atoms. The van der Waals surface area contributed by atoms with Gasteiger partial charge >= 0.3 is 0 Å². The summed E-state index contributed by atoms with van der Waals surface area (Å²) >= 11 is 7.33. The molecule has 5 nitrogen and oxygen atoms in total. The highest BCUT2D eigenvalue weighted by Crippen LogP contribution is 2.28. The third-order valence-electron chi connectivity index (χ3n) is 3.32. The molecule has 1 saturated heterocycles. The van der Waals surface area contributed by atoms with Gasteiger partial charge in [-0.05, 0) is 17.7 Å². The molecule has 110 valence electrons. The van der Waals surface area contributed by atoms with E-state index in [1.54, 1.807) is 5.38 Å². The molecule has 0 radical (unpaired) electrons. The van der Waals surface area contributed by atoms with Crippen LogP contribution in [0.5, 0.6) is 0 Å². The molecular formula is C14H14ClN3O2S. The number of hydrogen-bond donors (Lipinski definition) is 1. The van der Waals surface area contributed by atoms with Crippen molar-refractivity contribution in [1.29, 1.82) is 0 Å². The molecule has 0 aliphatic carbocycles. The molecule has 0 bridgehead atoms. The molecule has 0 spiro atoms. The fourth-order valence-electron chi connectivity index (χ4n) is 2.22. The molecule has 1 atom stereocenters. The van der Waals surface area contributed by atoms with E-state index in [-0.39, 0.29) is 6.10 Å². The number of nitrogens with zero attached hydrogens (tertiary/aromatic N) is 2. The number of carbonyl (C=O) groups excluding carboxylic acids is 1. The average Bonchev–Trinajstić information content (AvgIpc) is 2.98. The van der Waals surface area contributed by atoms with Gasteiger partial charge in [0, 0.05) is 16.9 Å². The van der Waals surface area contributed by atoms with Crippen molar-refractivity contribution in [1.82, 2.24) is 4.98 Å². The zero-order chi connectivity index (χ0) is 14.8. The number of carbonyl (C=O) groups is 1. The first-order valence-corrected chi connectivity index (χ1v) is 7.76. The van der Waals surface area contributed by atoms with Crippen molar-refractivity contribution in [3.63, 3.8) is 0 Å². The lowest BCUT2D eigenvalue weighted by Crippen LogP contribution is -2.38. The summed E-state index contributed by atoms with van der Waals surface area (Å²) in [7, 11) is 0. The summed E-state index contributed by atoms with van der Waals surface area (Å²) in [4.78, 5) is 17.5. The van der Waals surface area contributed by atoms with Crippen LogP contribution < -0.4 is 10.6 Å². The predicted octanol–water partition coefficient (Wildman–Crippen LogP) is 2.47. The molecule has 2 heterocycles. The Bertz CT molecular complexity index is 644. The predicted molar refractivity (Wildman–Crippen MR) is 83.0 cm³/mol. The maximum Gasteiger partial charge on any atom is 0.268 e. The lowest BCUT2D eigenvalue weighted by atomic mass is 10.1. The van der Waals surface area contributed by atoms with Gasteiger partial charge in [0.15, 0.2) is 5.13 Å². The van der Waals surface area contributed by atoms with E-state index in [1.165, 1.54) is 11.3 Å². The average molecular weight is 324 g/mol. The Morgan fingerprint density at radius 3 is 2.86 bits per heavy atom. The fraction of sp³-hybridized carbons (Fsp3) is 0.286. The van der Waals surface area contributed by atoms with Gasteiger partial charge in [-0.15, -0.1) is 11.3 Å². The monoisotopic (exact) mass is 323 g/mol. The van der Waals surface area contributed by atoms with E-state index >= 15 is 0 Å². The molecule has 0 saturated carbocycles. The second-order valence-corrected chi connectivity index (χ2v) is 6.01. The van der Waals surface area contributed by atoms with Crippen molar-refractivity contribution < 1.29 is 9.53 Å². The number of ether oxygens (including phenoxy) is 1. The van der Waals surface area contributed by atoms with Crippen molar-refractivity contribution in [2.24, 2.45) is 5.73 Å². The van der Waals surface area contributed by atoms with E-state index in [2.05, 4.69) is 9.88 Å². The highest BCUT2D eigenvalue weighted by Gasteiger charge is 2.24. The maximum absolute atomic E-state index is 11.1. The number of primary amides is 1. The van der Waals surface area contributed by atoms with Gasteiger partial charge in [-0.25, -0.2) is 4.98 Å². The van der Waals surface area contributed by atoms with Gasteiger partial charge < -0.3 is 15.4 Å². The van der Waals surface area contributed by atoms with E-state index in [9.17, 15) is 4.79 Å². The van der Waals surface area contributed by atoms with Gasteiger partial charge in [0.05, 0.1) is 13.2 Å². The van der Waals surface area contributed by atoms with Crippen LogP contribution in [0.3, 0.4) is 0 Å². The smallest absolute Gasteiger partial charge is 0.268 e. The Hall–Kier alpha value is -1.63. The third-order valence-corrected chi connectivity index (χ3v) is 4.48. The van der Waals surface area contributed by atoms with Crippen LogP contribution in [-0.2, 0) is 4.74 Å². The number of thiazole rings is 1. The largest absolute Gasteiger partial charge is 0.370 e. The number of halogens is 1. The summed E-state index contributed by atoms with van der Waals surface area (Å²) in [6.45, 7) is 2.04. The number of nitrogens with two attached hydrogens (primary N) is 1. The Kier molecular flexibility index (Phi) is 4.10. The van der Waals surface area contributed by atoms with Crippen molar-refractivity contribution in [3.8, 4) is 0 Å². The van der Waals surface area contributed by atoms with Crippen LogP contribution in [0.15, 0.2) is 29.6 Å². The third kappa shape index (κ3) is 3.18. The highest BCUT2D eigenvalue weighted by atomic mass is 35.5. The highest BCUT2D eigenvalue weighted by molar-refractivity contribution is 7.13. The topological polar surface area (TPSA) is 68.5 Å². The van der Waals surface area contributed by atoms with Gasteiger partial charge in [0.25, 0.3) is 5.91 Å². The van der Waals surface area contributed by atoms with E-state index in [0.29, 0.717) is 23.9 Å². The SMILES string of the molecule is NC(=O)c1csc(N2CCO[C@H](c3ccc(Cl)cc3)C2)n1. The first-order valence-electron chi connectivity index (χ1n) is 6.51. The summed E-state index contributed by atoms with van der Waals surface area (Å²) in [5, 5.41) is 3.19. The van der Waals surface area contributed by atoms with E-state index in [0.717, 1.165) is 17.2 Å². The first kappa shape index (κ1) is 14.3. The molecule has 0 unspecified atom stereocenters. The number of amides is 1. The van der Waals surface area contributed by atoms with Crippen molar-refractivity contribution in [3.05, 3.63) is 45.9 Å². The van der Waals surface area contributed by atoms with Crippen LogP contribution in [0.25, 0.3) is 0 Å². The lowest BCUT2D eigenvalue weighted by molar-refractivity contribution is 0.0398. The van der Waals surface area contributed by atoms with Crippen LogP contribution in [0.2, 0.25) is 5.02 Å². The normalized spacial score (nSPS) is 18.7. The standard InChI is InChI=1S/C14H14ClN3O2S/c15-10-3-1-9(2-4-10)12-7-18(5-6-20-12)14-17-11(8-21-14)13(16)19/h1-4,8,12H,5-7H2,(H2,16,19)/t12-/m0/s1. The summed E-state index contributed by atoms with van der Waals surface area (Å²) < 4.78 is 5.81. The Morgan fingerprint density at radius 2 is 2.19 bits per heavy atom. The Labute approximate surface area is 131 Å². The van der Waals surface area contributed by atoms with E-state index in [1.807, 2.05) is 24.3 Å². The lowest BCUT2D eigenvalue weighted by Gasteiger charge is -2.33. The molecule has 1 fully saturated rings. The van der Waals surface area contributed by atoms with Gasteiger partial charge in [-0.1, -0.05) is 23.7 Å². The van der Waals surface area contributed by atoms with E-state index in [4.69, 9.17) is 22.1 Å². The van der Waals surface area contributed by atoms with Crippen molar-refractivity contribution in [2.75, 3.05) is 24.6 Å². The van der Waals surface area contributed by atoms with Crippen LogP contribution in [0, 0.1) is 0 Å². The molecule has 7 heteroatoms. The van der Waals surface area contributed by atoms with Crippen LogP contribution in [0.4, 0.5) is 5.13 Å². The Balaban J connectivity index is 1.75. The minimum atomic E-state index is -0.500. The number of benzene rings is 1. The molecule has 1 aromatic carbocycles. The minimum absolute atomic E-state index is 0.0306. The number of aromatic nitrogens is 1. The summed E-state index contributed by atoms with van der Waals surface area (Å²) in [6.07, 6.45) is -0.0306. The number of hydrogen-bond acceptors (Lipinski definition) is 5. The van der Waals surface area contributed by atoms with Crippen molar-refractivity contribution >= 4 is 34.0 Å². The minimum Gasteiger partial charge on any atom is -0.370 e. The number of anilines is 1. The summed E-state index contributed by atoms with van der Waals surface area (Å²) in [5.41, 5.74) is 6.63. The van der Waals surface area contributed by atoms with Crippen LogP contribution in [0.1, 0.15) is 22.2 Å². The molecular weight excluding hydrogens is 310 g/mol. The number of morpholine rings is 1. The Morgan fingerprint density at radius 1 is 1.43 bits per heavy atom. The maximum atomic E-state index is 11.1. The van der Waals surface area contributed by atoms with Crippen LogP contribution in [-0.4, -0.2) is 30.6 Å². The molecule has 1 aliphatic rings. The zero-order valence-electron chi connectivity index (χ0n) is 11.2. The molecule has 3 rings (SSSR count). The molecule has 2 N–H and O–H groups in total. The second kappa shape index (κ2) is 6.01. The molecule has 1 aromatic heterocycles. The summed E-state index contributed by atoms with van der Waals surface area (Å²) in [6, 6.07) is 7.64. The first-order chi connectivity index (χ1) is 10.1. The molecule has 1 amide bonds.